The summed E-state index contributed by atoms with van der Waals surface area (Å²) in [6.45, 7) is 1.52. The molecule has 1 nitrogen and oxygen atoms in total. The van der Waals surface area contributed by atoms with Gasteiger partial charge in [-0.2, -0.15) is 18.4 Å². The van der Waals surface area contributed by atoms with Crippen LogP contribution in [-0.2, 0) is 6.18 Å². The molecular formula is C15H9F4N. The summed E-state index contributed by atoms with van der Waals surface area (Å²) >= 11 is 0. The van der Waals surface area contributed by atoms with Crippen molar-refractivity contribution in [2.45, 2.75) is 13.1 Å². The Hall–Kier alpha value is -2.35. The summed E-state index contributed by atoms with van der Waals surface area (Å²) < 4.78 is 51.0. The highest BCUT2D eigenvalue weighted by molar-refractivity contribution is 5.71. The summed E-state index contributed by atoms with van der Waals surface area (Å²) in [6, 6.07) is 8.74. The quantitative estimate of drug-likeness (QED) is 0.694. The number of nitrogens with zero attached hydrogens (tertiary/aromatic N) is 1. The Bertz CT molecular complexity index is 679. The van der Waals surface area contributed by atoms with Gasteiger partial charge >= 0.3 is 6.18 Å². The van der Waals surface area contributed by atoms with Gasteiger partial charge in [0.25, 0.3) is 0 Å². The number of nitriles is 1. The highest BCUT2D eigenvalue weighted by Crippen LogP contribution is 2.32. The van der Waals surface area contributed by atoms with Crippen molar-refractivity contribution < 1.29 is 17.6 Å². The van der Waals surface area contributed by atoms with Crippen molar-refractivity contribution in [2.24, 2.45) is 0 Å². The highest BCUT2D eigenvalue weighted by Gasteiger charge is 2.30. The third-order valence-corrected chi connectivity index (χ3v) is 2.94. The molecule has 0 aromatic heterocycles. The molecule has 0 radical (unpaired) electrons. The van der Waals surface area contributed by atoms with Crippen molar-refractivity contribution in [1.29, 1.82) is 5.26 Å². The first kappa shape index (κ1) is 14.1. The molecule has 0 aliphatic carbocycles. The number of rotatable bonds is 1. The molecule has 0 N–H and O–H groups in total. The van der Waals surface area contributed by atoms with E-state index in [-0.39, 0.29) is 11.1 Å². The van der Waals surface area contributed by atoms with Crippen LogP contribution >= 0.6 is 0 Å². The Morgan fingerprint density at radius 3 is 2.15 bits per heavy atom. The van der Waals surface area contributed by atoms with Crippen LogP contribution in [0.3, 0.4) is 0 Å². The van der Waals surface area contributed by atoms with Crippen molar-refractivity contribution in [3.63, 3.8) is 0 Å². The van der Waals surface area contributed by atoms with Crippen LogP contribution in [0.4, 0.5) is 17.6 Å². The monoisotopic (exact) mass is 279 g/mol. The van der Waals surface area contributed by atoms with Crippen LogP contribution in [0, 0.1) is 24.1 Å². The normalized spacial score (nSPS) is 11.2. The van der Waals surface area contributed by atoms with Gasteiger partial charge in [-0.25, -0.2) is 4.39 Å². The van der Waals surface area contributed by atoms with Crippen LogP contribution < -0.4 is 0 Å². The number of hydrogen-bond acceptors (Lipinski definition) is 1. The molecule has 0 amide bonds. The molecule has 20 heavy (non-hydrogen) atoms. The van der Waals surface area contributed by atoms with Gasteiger partial charge in [0.2, 0.25) is 0 Å². The molecule has 0 saturated heterocycles. The predicted molar refractivity (Wildman–Crippen MR) is 66.3 cm³/mol. The molecule has 0 saturated carbocycles. The molecule has 0 unspecified atom stereocenters. The van der Waals surface area contributed by atoms with E-state index in [0.29, 0.717) is 11.1 Å². The highest BCUT2D eigenvalue weighted by atomic mass is 19.4. The zero-order valence-corrected chi connectivity index (χ0v) is 10.4. The van der Waals surface area contributed by atoms with E-state index in [0.717, 1.165) is 18.2 Å². The second-order valence-electron chi connectivity index (χ2n) is 4.33. The maximum Gasteiger partial charge on any atom is 0.416 e. The molecule has 0 aliphatic rings. The summed E-state index contributed by atoms with van der Waals surface area (Å²) in [5.41, 5.74) is 0.408. The molecule has 0 fully saturated rings. The number of aryl methyl sites for hydroxylation is 1. The van der Waals surface area contributed by atoms with Crippen LogP contribution in [0.1, 0.15) is 16.7 Å². The van der Waals surface area contributed by atoms with E-state index in [1.165, 1.54) is 25.1 Å². The number of alkyl halides is 3. The summed E-state index contributed by atoms with van der Waals surface area (Å²) in [7, 11) is 0. The van der Waals surface area contributed by atoms with Gasteiger partial charge in [0.05, 0.1) is 17.2 Å². The number of hydrogen-bond donors (Lipinski definition) is 0. The lowest BCUT2D eigenvalue weighted by molar-refractivity contribution is -0.137. The molecule has 0 atom stereocenters. The third-order valence-electron chi connectivity index (χ3n) is 2.94. The Kier molecular flexibility index (Phi) is 3.49. The predicted octanol–water partition coefficient (Wildman–Crippen LogP) is 4.69. The van der Waals surface area contributed by atoms with Gasteiger partial charge in [-0.3, -0.25) is 0 Å². The molecule has 5 heteroatoms. The minimum Gasteiger partial charge on any atom is -0.207 e. The Balaban J connectivity index is 2.53. The smallest absolute Gasteiger partial charge is 0.207 e. The topological polar surface area (TPSA) is 23.8 Å². The maximum atomic E-state index is 13.6. The lowest BCUT2D eigenvalue weighted by atomic mass is 9.97. The summed E-state index contributed by atoms with van der Waals surface area (Å²) in [5, 5.41) is 9.03. The van der Waals surface area contributed by atoms with Gasteiger partial charge in [-0.05, 0) is 42.3 Å². The van der Waals surface area contributed by atoms with Gasteiger partial charge in [0.1, 0.15) is 5.82 Å². The molecule has 0 heterocycles. The van der Waals surface area contributed by atoms with Crippen molar-refractivity contribution in [1.82, 2.24) is 0 Å². The molecule has 2 aromatic rings. The van der Waals surface area contributed by atoms with Crippen LogP contribution in [-0.4, -0.2) is 0 Å². The lowest BCUT2D eigenvalue weighted by Gasteiger charge is -2.09. The zero-order valence-electron chi connectivity index (χ0n) is 10.4. The summed E-state index contributed by atoms with van der Waals surface area (Å²) in [4.78, 5) is 0. The molecule has 2 aromatic carbocycles. The summed E-state index contributed by atoms with van der Waals surface area (Å²) in [5.74, 6) is -0.501. The fourth-order valence-corrected chi connectivity index (χ4v) is 1.85. The van der Waals surface area contributed by atoms with Crippen LogP contribution in [0.25, 0.3) is 11.1 Å². The zero-order chi connectivity index (χ0) is 14.9. The minimum atomic E-state index is -4.42. The fraction of sp³-hybridized carbons (Fsp3) is 0.133. The molecule has 2 rings (SSSR count). The Labute approximate surface area is 113 Å². The summed E-state index contributed by atoms with van der Waals surface area (Å²) in [6.07, 6.45) is -4.42. The third kappa shape index (κ3) is 2.64. The fourth-order valence-electron chi connectivity index (χ4n) is 1.85. The van der Waals surface area contributed by atoms with E-state index in [1.54, 1.807) is 0 Å². The van der Waals surface area contributed by atoms with E-state index >= 15 is 0 Å². The number of benzene rings is 2. The second kappa shape index (κ2) is 4.97. The first-order chi connectivity index (χ1) is 9.32. The average molecular weight is 279 g/mol. The van der Waals surface area contributed by atoms with E-state index < -0.39 is 17.6 Å². The van der Waals surface area contributed by atoms with Gasteiger partial charge in [-0.15, -0.1) is 0 Å². The second-order valence-corrected chi connectivity index (χ2v) is 4.33. The van der Waals surface area contributed by atoms with Crippen molar-refractivity contribution in [3.8, 4) is 17.2 Å². The van der Waals surface area contributed by atoms with E-state index in [2.05, 4.69) is 0 Å². The average Bonchev–Trinajstić information content (AvgIpc) is 2.40. The van der Waals surface area contributed by atoms with Crippen LogP contribution in [0.5, 0.6) is 0 Å². The SMILES string of the molecule is Cc1cc(C#N)c(-c2ccc(C(F)(F)F)cc2)cc1F. The minimum absolute atomic E-state index is 0.226. The van der Waals surface area contributed by atoms with Crippen molar-refractivity contribution in [2.75, 3.05) is 0 Å². The standard InChI is InChI=1S/C15H9F4N/c1-9-6-11(8-20)13(7-14(9)16)10-2-4-12(5-3-10)15(17,18)19/h2-7H,1H3. The van der Waals surface area contributed by atoms with E-state index in [9.17, 15) is 17.6 Å². The molecular weight excluding hydrogens is 270 g/mol. The Morgan fingerprint density at radius 1 is 1.05 bits per heavy atom. The molecule has 0 aliphatic heterocycles. The van der Waals surface area contributed by atoms with Gasteiger partial charge in [-0.1, -0.05) is 12.1 Å². The van der Waals surface area contributed by atoms with E-state index in [4.69, 9.17) is 5.26 Å². The van der Waals surface area contributed by atoms with Crippen LogP contribution in [0.15, 0.2) is 36.4 Å². The number of halogens is 4. The molecule has 0 spiro atoms. The Morgan fingerprint density at radius 2 is 1.65 bits per heavy atom. The van der Waals surface area contributed by atoms with Gasteiger partial charge < -0.3 is 0 Å². The first-order valence-corrected chi connectivity index (χ1v) is 5.71. The largest absolute Gasteiger partial charge is 0.416 e. The van der Waals surface area contributed by atoms with Crippen molar-refractivity contribution in [3.05, 3.63) is 58.9 Å². The molecule has 0 bridgehead atoms. The lowest BCUT2D eigenvalue weighted by Crippen LogP contribution is -2.04. The van der Waals surface area contributed by atoms with Gasteiger partial charge in [0.15, 0.2) is 0 Å². The van der Waals surface area contributed by atoms with Crippen molar-refractivity contribution >= 4 is 0 Å². The van der Waals surface area contributed by atoms with Gasteiger partial charge in [0, 0.05) is 5.56 Å². The van der Waals surface area contributed by atoms with Crippen LogP contribution in [0.2, 0.25) is 0 Å². The first-order valence-electron chi connectivity index (χ1n) is 5.71. The maximum absolute atomic E-state index is 13.6. The van der Waals surface area contributed by atoms with E-state index in [1.807, 2.05) is 6.07 Å². The molecule has 102 valence electrons.